The number of halogens is 1. The molecule has 0 atom stereocenters. The summed E-state index contributed by atoms with van der Waals surface area (Å²) in [5, 5.41) is 9.19. The molecule has 2 aromatic rings. The summed E-state index contributed by atoms with van der Waals surface area (Å²) in [7, 11) is 1.57. The lowest BCUT2D eigenvalue weighted by Crippen LogP contribution is -2.26. The molecule has 0 aromatic heterocycles. The number of nitrogens with zero attached hydrogens (tertiary/aromatic N) is 1. The number of amides is 1. The van der Waals surface area contributed by atoms with E-state index in [9.17, 15) is 14.3 Å². The minimum Gasteiger partial charge on any atom is -0.508 e. The summed E-state index contributed by atoms with van der Waals surface area (Å²) in [6.07, 6.45) is 0. The van der Waals surface area contributed by atoms with Crippen LogP contribution in [-0.4, -0.2) is 18.1 Å². The fourth-order valence-corrected chi connectivity index (χ4v) is 1.65. The fourth-order valence-electron chi connectivity index (χ4n) is 1.65. The average Bonchev–Trinajstić information content (AvgIpc) is 2.41. The summed E-state index contributed by atoms with van der Waals surface area (Å²) < 4.78 is 13.3. The summed E-state index contributed by atoms with van der Waals surface area (Å²) in [6.45, 7) is 0. The summed E-state index contributed by atoms with van der Waals surface area (Å²) in [6, 6.07) is 10.1. The van der Waals surface area contributed by atoms with Gasteiger partial charge in [0.05, 0.1) is 5.69 Å². The van der Waals surface area contributed by atoms with E-state index in [2.05, 4.69) is 0 Å². The van der Waals surface area contributed by atoms with Gasteiger partial charge < -0.3 is 15.7 Å². The molecule has 0 fully saturated rings. The maximum absolute atomic E-state index is 13.3. The van der Waals surface area contributed by atoms with Crippen LogP contribution in [0.4, 0.5) is 15.8 Å². The van der Waals surface area contributed by atoms with Crippen molar-refractivity contribution in [1.82, 2.24) is 0 Å². The minimum atomic E-state index is -0.620. The number of benzene rings is 2. The lowest BCUT2D eigenvalue weighted by molar-refractivity contribution is 0.0992. The Kier molecular flexibility index (Phi) is 3.37. The fraction of sp³-hybridized carbons (Fsp3) is 0.0714. The number of aromatic hydroxyl groups is 1. The van der Waals surface area contributed by atoms with Gasteiger partial charge >= 0.3 is 0 Å². The molecule has 0 saturated heterocycles. The van der Waals surface area contributed by atoms with E-state index in [4.69, 9.17) is 5.73 Å². The molecule has 0 bridgehead atoms. The van der Waals surface area contributed by atoms with Crippen molar-refractivity contribution in [2.75, 3.05) is 17.7 Å². The molecule has 0 radical (unpaired) electrons. The van der Waals surface area contributed by atoms with Gasteiger partial charge in [-0.05, 0) is 42.5 Å². The zero-order chi connectivity index (χ0) is 14.0. The zero-order valence-electron chi connectivity index (χ0n) is 10.3. The molecule has 3 N–H and O–H groups in total. The Hall–Kier alpha value is -2.56. The third-order valence-corrected chi connectivity index (χ3v) is 2.79. The normalized spacial score (nSPS) is 10.2. The maximum Gasteiger partial charge on any atom is 0.258 e. The van der Waals surface area contributed by atoms with Crippen molar-refractivity contribution >= 4 is 17.3 Å². The van der Waals surface area contributed by atoms with Crippen LogP contribution in [0.15, 0.2) is 42.5 Å². The van der Waals surface area contributed by atoms with E-state index >= 15 is 0 Å². The van der Waals surface area contributed by atoms with Gasteiger partial charge in [0, 0.05) is 18.3 Å². The van der Waals surface area contributed by atoms with Crippen LogP contribution in [0, 0.1) is 5.82 Å². The Morgan fingerprint density at radius 2 is 1.84 bits per heavy atom. The van der Waals surface area contributed by atoms with E-state index in [1.807, 2.05) is 0 Å². The highest BCUT2D eigenvalue weighted by molar-refractivity contribution is 6.05. The molecule has 0 aliphatic carbocycles. The number of phenols is 1. The zero-order valence-corrected chi connectivity index (χ0v) is 10.3. The van der Waals surface area contributed by atoms with Crippen LogP contribution in [0.25, 0.3) is 0 Å². The smallest absolute Gasteiger partial charge is 0.258 e. The number of rotatable bonds is 2. The first-order valence-corrected chi connectivity index (χ1v) is 5.61. The van der Waals surface area contributed by atoms with Gasteiger partial charge in [0.15, 0.2) is 0 Å². The molecule has 0 saturated carbocycles. The first-order chi connectivity index (χ1) is 8.99. The van der Waals surface area contributed by atoms with Crippen LogP contribution >= 0.6 is 0 Å². The van der Waals surface area contributed by atoms with Crippen molar-refractivity contribution in [3.63, 3.8) is 0 Å². The van der Waals surface area contributed by atoms with Crippen molar-refractivity contribution in [3.8, 4) is 5.75 Å². The summed E-state index contributed by atoms with van der Waals surface area (Å²) >= 11 is 0. The predicted molar refractivity (Wildman–Crippen MR) is 71.7 cm³/mol. The van der Waals surface area contributed by atoms with Crippen molar-refractivity contribution in [2.24, 2.45) is 0 Å². The average molecular weight is 260 g/mol. The largest absolute Gasteiger partial charge is 0.508 e. The minimum absolute atomic E-state index is 0.00355. The molecular formula is C14H13FN2O2. The topological polar surface area (TPSA) is 66.6 Å². The molecule has 0 spiro atoms. The third kappa shape index (κ3) is 2.65. The molecule has 2 rings (SSSR count). The van der Waals surface area contributed by atoms with Crippen molar-refractivity contribution in [2.45, 2.75) is 0 Å². The van der Waals surface area contributed by atoms with Crippen LogP contribution < -0.4 is 10.6 Å². The van der Waals surface area contributed by atoms with Crippen molar-refractivity contribution in [3.05, 3.63) is 53.8 Å². The number of nitrogen functional groups attached to an aromatic ring is 1. The molecule has 0 unspecified atom stereocenters. The van der Waals surface area contributed by atoms with E-state index < -0.39 is 5.82 Å². The highest BCUT2D eigenvalue weighted by Crippen LogP contribution is 2.20. The van der Waals surface area contributed by atoms with E-state index in [1.165, 1.54) is 29.2 Å². The first-order valence-electron chi connectivity index (χ1n) is 5.61. The van der Waals surface area contributed by atoms with Gasteiger partial charge in [-0.15, -0.1) is 0 Å². The van der Waals surface area contributed by atoms with Gasteiger partial charge in [0.2, 0.25) is 0 Å². The Balaban J connectivity index is 2.28. The van der Waals surface area contributed by atoms with Gasteiger partial charge in [-0.2, -0.15) is 0 Å². The SMILES string of the molecule is CN(C(=O)c1ccc(N)c(F)c1)c1ccc(O)cc1. The summed E-state index contributed by atoms with van der Waals surface area (Å²) in [5.41, 5.74) is 6.18. The number of carbonyl (C=O) groups is 1. The number of hydrogen-bond donors (Lipinski definition) is 2. The number of anilines is 2. The standard InChI is InChI=1S/C14H13FN2O2/c1-17(10-3-5-11(18)6-4-10)14(19)9-2-7-13(16)12(15)8-9/h2-8,18H,16H2,1H3. The number of carbonyl (C=O) groups excluding carboxylic acids is 1. The number of hydrogen-bond acceptors (Lipinski definition) is 3. The van der Waals surface area contributed by atoms with Crippen LogP contribution in [0.5, 0.6) is 5.75 Å². The molecule has 0 aliphatic heterocycles. The molecular weight excluding hydrogens is 247 g/mol. The maximum atomic E-state index is 13.3. The van der Waals surface area contributed by atoms with E-state index in [0.717, 1.165) is 6.07 Å². The van der Waals surface area contributed by atoms with Gasteiger partial charge in [-0.1, -0.05) is 0 Å². The van der Waals surface area contributed by atoms with Crippen LogP contribution in [0.3, 0.4) is 0 Å². The Bertz CT molecular complexity index is 611. The van der Waals surface area contributed by atoms with E-state index in [1.54, 1.807) is 19.2 Å². The quantitative estimate of drug-likeness (QED) is 0.815. The Labute approximate surface area is 109 Å². The number of nitrogens with two attached hydrogens (primary N) is 1. The lowest BCUT2D eigenvalue weighted by atomic mass is 10.1. The number of phenolic OH excluding ortho intramolecular Hbond substituents is 1. The second-order valence-electron chi connectivity index (χ2n) is 4.12. The second kappa shape index (κ2) is 4.97. The van der Waals surface area contributed by atoms with Crippen molar-refractivity contribution < 1.29 is 14.3 Å². The highest BCUT2D eigenvalue weighted by Gasteiger charge is 2.14. The van der Waals surface area contributed by atoms with Gasteiger partial charge in [0.25, 0.3) is 5.91 Å². The molecule has 1 amide bonds. The molecule has 2 aromatic carbocycles. The van der Waals surface area contributed by atoms with Gasteiger partial charge in [-0.3, -0.25) is 4.79 Å². The Morgan fingerprint density at radius 1 is 1.21 bits per heavy atom. The lowest BCUT2D eigenvalue weighted by Gasteiger charge is -2.17. The van der Waals surface area contributed by atoms with Crippen LogP contribution in [-0.2, 0) is 0 Å². The van der Waals surface area contributed by atoms with Crippen LogP contribution in [0.2, 0.25) is 0 Å². The Morgan fingerprint density at radius 3 is 2.42 bits per heavy atom. The predicted octanol–water partition coefficient (Wildman–Crippen LogP) is 2.39. The first kappa shape index (κ1) is 12.9. The van der Waals surface area contributed by atoms with Gasteiger partial charge in [0.1, 0.15) is 11.6 Å². The second-order valence-corrected chi connectivity index (χ2v) is 4.12. The van der Waals surface area contributed by atoms with Gasteiger partial charge in [-0.25, -0.2) is 4.39 Å². The molecule has 0 aliphatic rings. The summed E-state index contributed by atoms with van der Waals surface area (Å²) in [4.78, 5) is 13.5. The molecule has 0 heterocycles. The summed E-state index contributed by atoms with van der Waals surface area (Å²) in [5.74, 6) is -0.863. The van der Waals surface area contributed by atoms with Crippen LogP contribution in [0.1, 0.15) is 10.4 Å². The molecule has 5 heteroatoms. The highest BCUT2D eigenvalue weighted by atomic mass is 19.1. The van der Waals surface area contributed by atoms with E-state index in [0.29, 0.717) is 5.69 Å². The monoisotopic (exact) mass is 260 g/mol. The molecule has 98 valence electrons. The van der Waals surface area contributed by atoms with Crippen molar-refractivity contribution in [1.29, 1.82) is 0 Å². The third-order valence-electron chi connectivity index (χ3n) is 2.79. The molecule has 4 nitrogen and oxygen atoms in total. The van der Waals surface area contributed by atoms with E-state index in [-0.39, 0.29) is 22.9 Å². The molecule has 19 heavy (non-hydrogen) atoms.